The number of nitrogens with one attached hydrogen (secondary N) is 5. The largest absolute Gasteiger partial charge is 0.481 e. The topological polar surface area (TPSA) is 233 Å². The highest BCUT2D eigenvalue weighted by Gasteiger charge is 2.34. The van der Waals surface area contributed by atoms with Gasteiger partial charge in [-0.25, -0.2) is 0 Å². The van der Waals surface area contributed by atoms with Gasteiger partial charge < -0.3 is 42.2 Å². The Bertz CT molecular complexity index is 1280. The number of amides is 4. The van der Waals surface area contributed by atoms with Gasteiger partial charge in [-0.15, -0.1) is 0 Å². The van der Waals surface area contributed by atoms with E-state index in [0.29, 0.717) is 12.0 Å². The Balaban J connectivity index is 2.30. The third kappa shape index (κ3) is 9.31. The molecule has 14 heteroatoms. The van der Waals surface area contributed by atoms with E-state index >= 15 is 0 Å². The minimum atomic E-state index is -1.62. The number of aliphatic carboxylic acids is 2. The van der Waals surface area contributed by atoms with E-state index in [2.05, 4.69) is 26.3 Å². The molecule has 0 radical (unpaired) electrons. The van der Waals surface area contributed by atoms with Crippen molar-refractivity contribution in [1.29, 1.82) is 0 Å². The maximum absolute atomic E-state index is 13.4. The van der Waals surface area contributed by atoms with Gasteiger partial charge in [0.05, 0.1) is 12.5 Å². The van der Waals surface area contributed by atoms with Crippen molar-refractivity contribution in [2.45, 2.75) is 77.2 Å². The Labute approximate surface area is 236 Å². The van der Waals surface area contributed by atoms with Gasteiger partial charge in [0.1, 0.15) is 24.2 Å². The maximum Gasteiger partial charge on any atom is 0.325 e. The predicted molar refractivity (Wildman–Crippen MR) is 148 cm³/mol. The molecule has 4 amide bonds. The number of para-hydroxylation sites is 1. The molecular formula is C27H38N6O8. The number of carbonyl (C=O) groups excluding carboxylic acids is 4. The van der Waals surface area contributed by atoms with Gasteiger partial charge >= 0.3 is 11.9 Å². The Morgan fingerprint density at radius 3 is 2.05 bits per heavy atom. The molecule has 0 aliphatic carbocycles. The van der Waals surface area contributed by atoms with Crippen molar-refractivity contribution >= 4 is 46.5 Å². The van der Waals surface area contributed by atoms with Crippen molar-refractivity contribution in [2.24, 2.45) is 11.7 Å². The first-order chi connectivity index (χ1) is 19.2. The van der Waals surface area contributed by atoms with Crippen LogP contribution in [0.4, 0.5) is 0 Å². The highest BCUT2D eigenvalue weighted by atomic mass is 16.4. The number of hydrogen-bond donors (Lipinski definition) is 8. The van der Waals surface area contributed by atoms with E-state index in [0.717, 1.165) is 10.9 Å². The summed E-state index contributed by atoms with van der Waals surface area (Å²) in [5, 5.41) is 29.0. The summed E-state index contributed by atoms with van der Waals surface area (Å²) in [7, 11) is 0. The van der Waals surface area contributed by atoms with Crippen LogP contribution in [0.2, 0.25) is 0 Å². The summed E-state index contributed by atoms with van der Waals surface area (Å²) in [5.41, 5.74) is 7.16. The number of fused-ring (bicyclic) bond motifs is 1. The van der Waals surface area contributed by atoms with Crippen molar-refractivity contribution in [3.63, 3.8) is 0 Å². The molecule has 6 atom stereocenters. The molecule has 0 saturated carbocycles. The predicted octanol–water partition coefficient (Wildman–Crippen LogP) is -0.378. The van der Waals surface area contributed by atoms with E-state index in [1.807, 2.05) is 24.3 Å². The zero-order chi connectivity index (χ0) is 30.9. The summed E-state index contributed by atoms with van der Waals surface area (Å²) in [6.07, 6.45) is 1.28. The number of hydrogen-bond acceptors (Lipinski definition) is 7. The number of benzene rings is 1. The monoisotopic (exact) mass is 574 g/mol. The number of carbonyl (C=O) groups is 6. The molecule has 0 aliphatic heterocycles. The molecule has 0 fully saturated rings. The summed E-state index contributed by atoms with van der Waals surface area (Å²) < 4.78 is 0. The third-order valence-corrected chi connectivity index (χ3v) is 6.68. The molecule has 2 rings (SSSR count). The van der Waals surface area contributed by atoms with Crippen LogP contribution in [0, 0.1) is 5.92 Å². The number of carboxylic acids is 2. The van der Waals surface area contributed by atoms with Gasteiger partial charge in [-0.2, -0.15) is 0 Å². The van der Waals surface area contributed by atoms with Crippen LogP contribution in [-0.2, 0) is 35.2 Å². The number of nitrogens with two attached hydrogens (primary N) is 1. The first-order valence-corrected chi connectivity index (χ1v) is 13.2. The summed E-state index contributed by atoms with van der Waals surface area (Å²) in [4.78, 5) is 77.7. The van der Waals surface area contributed by atoms with Crippen molar-refractivity contribution in [2.75, 3.05) is 0 Å². The lowest BCUT2D eigenvalue weighted by Crippen LogP contribution is -2.60. The van der Waals surface area contributed by atoms with Crippen molar-refractivity contribution in [1.82, 2.24) is 26.3 Å². The Hall–Kier alpha value is -4.46. The summed E-state index contributed by atoms with van der Waals surface area (Å²) in [6, 6.07) is 1.07. The molecule has 0 spiro atoms. The quantitative estimate of drug-likeness (QED) is 0.138. The normalized spacial score (nSPS) is 15.4. The summed E-state index contributed by atoms with van der Waals surface area (Å²) in [6.45, 7) is 6.10. The molecule has 14 nitrogen and oxygen atoms in total. The number of H-pyrrole nitrogens is 1. The van der Waals surface area contributed by atoms with E-state index < -0.39 is 78.1 Å². The van der Waals surface area contributed by atoms with E-state index in [1.165, 1.54) is 13.8 Å². The van der Waals surface area contributed by atoms with Crippen LogP contribution in [-0.4, -0.2) is 81.0 Å². The van der Waals surface area contributed by atoms with Crippen LogP contribution in [0.3, 0.4) is 0 Å². The molecule has 0 saturated heterocycles. The fourth-order valence-electron chi connectivity index (χ4n) is 4.01. The Kier molecular flexibility index (Phi) is 11.8. The third-order valence-electron chi connectivity index (χ3n) is 6.68. The molecule has 1 heterocycles. The number of aromatic nitrogens is 1. The molecule has 1 aromatic carbocycles. The summed E-state index contributed by atoms with van der Waals surface area (Å²) >= 11 is 0. The maximum atomic E-state index is 13.4. The fraction of sp³-hybridized carbons (Fsp3) is 0.481. The zero-order valence-corrected chi connectivity index (χ0v) is 23.4. The lowest BCUT2D eigenvalue weighted by molar-refractivity contribution is -0.143. The van der Waals surface area contributed by atoms with Crippen LogP contribution >= 0.6 is 0 Å². The van der Waals surface area contributed by atoms with Crippen molar-refractivity contribution < 1.29 is 39.0 Å². The standard InChI is InChI=1S/C27H38N6O8/c1-5-13(2)22(26(39)30-15(4)27(40)41)33-25(38)20(11-21(34)35)32-24(37)19(31-23(36)14(3)28)10-16-12-29-18-9-7-6-8-17(16)18/h6-9,12-15,19-20,22,29H,5,10-11,28H2,1-4H3,(H,30,39)(H,31,36)(H,32,37)(H,33,38)(H,34,35)(H,40,41)/t13-,14-,15-,19-,20-,22-/m0/s1. The minimum absolute atomic E-state index is 0.000688. The van der Waals surface area contributed by atoms with Gasteiger partial charge in [0.2, 0.25) is 23.6 Å². The lowest BCUT2D eigenvalue weighted by atomic mass is 9.97. The molecule has 1 aromatic heterocycles. The molecule has 0 bridgehead atoms. The second-order valence-electron chi connectivity index (χ2n) is 10.0. The SMILES string of the molecule is CC[C@H](C)[C@H](NC(=O)[C@H](CC(=O)O)NC(=O)[C@H](Cc1c[nH]c2ccccc12)NC(=O)[C@H](C)N)C(=O)N[C@@H](C)C(=O)O. The average Bonchev–Trinajstić information content (AvgIpc) is 3.32. The molecule has 41 heavy (non-hydrogen) atoms. The first-order valence-electron chi connectivity index (χ1n) is 13.2. The van der Waals surface area contributed by atoms with Crippen LogP contribution in [0.5, 0.6) is 0 Å². The molecule has 2 aromatic rings. The number of aromatic amines is 1. The molecule has 9 N–H and O–H groups in total. The molecule has 0 unspecified atom stereocenters. The summed E-state index contributed by atoms with van der Waals surface area (Å²) in [5.74, 6) is -6.35. The van der Waals surface area contributed by atoms with E-state index in [1.54, 1.807) is 20.0 Å². The average molecular weight is 575 g/mol. The first kappa shape index (κ1) is 32.8. The lowest BCUT2D eigenvalue weighted by Gasteiger charge is -2.27. The zero-order valence-electron chi connectivity index (χ0n) is 23.4. The Morgan fingerprint density at radius 1 is 0.854 bits per heavy atom. The number of rotatable bonds is 15. The highest BCUT2D eigenvalue weighted by molar-refractivity contribution is 5.97. The minimum Gasteiger partial charge on any atom is -0.481 e. The molecular weight excluding hydrogens is 536 g/mol. The van der Waals surface area contributed by atoms with Gasteiger partial charge in [-0.1, -0.05) is 38.5 Å². The van der Waals surface area contributed by atoms with Gasteiger partial charge in [0.25, 0.3) is 0 Å². The van der Waals surface area contributed by atoms with Gasteiger partial charge in [0, 0.05) is 23.5 Å². The van der Waals surface area contributed by atoms with Crippen LogP contribution in [0.15, 0.2) is 30.5 Å². The fourth-order valence-corrected chi connectivity index (χ4v) is 4.01. The van der Waals surface area contributed by atoms with Gasteiger partial charge in [-0.05, 0) is 31.4 Å². The second kappa shape index (κ2) is 14.8. The van der Waals surface area contributed by atoms with Crippen LogP contribution < -0.4 is 27.0 Å². The Morgan fingerprint density at radius 2 is 1.46 bits per heavy atom. The van der Waals surface area contributed by atoms with E-state index in [9.17, 15) is 33.9 Å². The van der Waals surface area contributed by atoms with E-state index in [-0.39, 0.29) is 6.42 Å². The highest BCUT2D eigenvalue weighted by Crippen LogP contribution is 2.19. The molecule has 0 aliphatic rings. The van der Waals surface area contributed by atoms with Gasteiger partial charge in [0.15, 0.2) is 0 Å². The molecule has 224 valence electrons. The van der Waals surface area contributed by atoms with Gasteiger partial charge in [-0.3, -0.25) is 28.8 Å². The van der Waals surface area contributed by atoms with E-state index in [4.69, 9.17) is 10.8 Å². The second-order valence-corrected chi connectivity index (χ2v) is 10.0. The van der Waals surface area contributed by atoms with Crippen LogP contribution in [0.25, 0.3) is 10.9 Å². The number of carboxylic acid groups (broad SMARTS) is 2. The van der Waals surface area contributed by atoms with Crippen LogP contribution in [0.1, 0.15) is 46.1 Å². The van der Waals surface area contributed by atoms with Crippen molar-refractivity contribution in [3.8, 4) is 0 Å². The smallest absolute Gasteiger partial charge is 0.325 e. The van der Waals surface area contributed by atoms with Crippen molar-refractivity contribution in [3.05, 3.63) is 36.0 Å².